The van der Waals surface area contributed by atoms with Crippen LogP contribution in [0.15, 0.2) is 77.9 Å². The fraction of sp³-hybridized carbons (Fsp3) is 0.321. The van der Waals surface area contributed by atoms with E-state index in [-0.39, 0.29) is 11.8 Å². The molecule has 31 heavy (non-hydrogen) atoms. The predicted octanol–water partition coefficient (Wildman–Crippen LogP) is 5.70. The van der Waals surface area contributed by atoms with Crippen LogP contribution in [0.3, 0.4) is 0 Å². The van der Waals surface area contributed by atoms with Crippen LogP contribution in [0.5, 0.6) is 5.75 Å². The molecular formula is C28H29NO2. The van der Waals surface area contributed by atoms with Gasteiger partial charge in [0.05, 0.1) is 0 Å². The summed E-state index contributed by atoms with van der Waals surface area (Å²) < 4.78 is 0. The lowest BCUT2D eigenvalue weighted by Crippen LogP contribution is -2.34. The first-order valence-corrected chi connectivity index (χ1v) is 11.4. The highest BCUT2D eigenvalue weighted by atomic mass is 16.3. The molecule has 2 aromatic carbocycles. The minimum atomic E-state index is 0.174. The van der Waals surface area contributed by atoms with Gasteiger partial charge in [-0.1, -0.05) is 42.5 Å². The summed E-state index contributed by atoms with van der Waals surface area (Å²) in [5, 5.41) is 10.0. The molecule has 0 spiro atoms. The Balaban J connectivity index is 1.47. The highest BCUT2D eigenvalue weighted by Gasteiger charge is 2.27. The van der Waals surface area contributed by atoms with Gasteiger partial charge in [-0.25, -0.2) is 0 Å². The van der Waals surface area contributed by atoms with Crippen LogP contribution < -0.4 is 4.90 Å². The van der Waals surface area contributed by atoms with E-state index in [1.165, 1.54) is 33.5 Å². The maximum atomic E-state index is 11.1. The monoisotopic (exact) mass is 411 g/mol. The van der Waals surface area contributed by atoms with Crippen molar-refractivity contribution < 1.29 is 9.90 Å². The van der Waals surface area contributed by atoms with Crippen LogP contribution in [0.2, 0.25) is 0 Å². The quantitative estimate of drug-likeness (QED) is 0.656. The molecule has 0 bridgehead atoms. The highest BCUT2D eigenvalue weighted by Crippen LogP contribution is 2.43. The van der Waals surface area contributed by atoms with E-state index in [9.17, 15) is 9.90 Å². The molecule has 2 aromatic rings. The first kappa shape index (κ1) is 19.9. The van der Waals surface area contributed by atoms with Gasteiger partial charge in [0.2, 0.25) is 0 Å². The third-order valence-electron chi connectivity index (χ3n) is 6.94. The number of carbonyl (C=O) groups excluding carboxylic acids is 1. The number of phenolic OH excluding ortho intramolecular Hbond substituents is 1. The molecule has 0 aromatic heterocycles. The molecule has 1 atom stereocenters. The lowest BCUT2D eigenvalue weighted by molar-refractivity contribution is -0.111. The van der Waals surface area contributed by atoms with Crippen molar-refractivity contribution in [2.45, 2.75) is 38.0 Å². The fourth-order valence-corrected chi connectivity index (χ4v) is 5.20. The van der Waals surface area contributed by atoms with Gasteiger partial charge in [-0.3, -0.25) is 0 Å². The fourth-order valence-electron chi connectivity index (χ4n) is 5.20. The number of hydrogen-bond donors (Lipinski definition) is 1. The molecule has 0 radical (unpaired) electrons. The Morgan fingerprint density at radius 2 is 1.77 bits per heavy atom. The number of phenols is 1. The molecule has 1 N–H and O–H groups in total. The van der Waals surface area contributed by atoms with Gasteiger partial charge in [0.25, 0.3) is 0 Å². The molecule has 3 heteroatoms. The number of fused-ring (bicyclic) bond motifs is 1. The van der Waals surface area contributed by atoms with Gasteiger partial charge in [0.15, 0.2) is 0 Å². The van der Waals surface area contributed by atoms with Gasteiger partial charge in [-0.05, 0) is 84.2 Å². The van der Waals surface area contributed by atoms with Crippen LogP contribution in [-0.2, 0) is 11.2 Å². The van der Waals surface area contributed by atoms with Gasteiger partial charge in [0.1, 0.15) is 12.0 Å². The van der Waals surface area contributed by atoms with Gasteiger partial charge in [-0.2, -0.15) is 0 Å². The zero-order chi connectivity index (χ0) is 21.2. The Bertz CT molecular complexity index is 1050. The first-order valence-electron chi connectivity index (χ1n) is 11.4. The molecule has 5 rings (SSSR count). The number of nitrogens with zero attached hydrogens (tertiary/aromatic N) is 1. The van der Waals surface area contributed by atoms with Crippen LogP contribution in [0.1, 0.15) is 48.3 Å². The summed E-state index contributed by atoms with van der Waals surface area (Å²) in [4.78, 5) is 13.4. The summed E-state index contributed by atoms with van der Waals surface area (Å²) in [6, 6.07) is 14.8. The third-order valence-corrected chi connectivity index (χ3v) is 6.94. The average Bonchev–Trinajstić information content (AvgIpc) is 2.84. The summed E-state index contributed by atoms with van der Waals surface area (Å²) in [5.41, 5.74) is 7.70. The molecule has 2 aliphatic carbocycles. The lowest BCUT2D eigenvalue weighted by atomic mass is 9.74. The minimum Gasteiger partial charge on any atom is -0.508 e. The number of allylic oxidation sites excluding steroid dienone is 6. The first-order chi connectivity index (χ1) is 15.2. The number of piperidine rings is 1. The summed E-state index contributed by atoms with van der Waals surface area (Å²) in [7, 11) is 0. The summed E-state index contributed by atoms with van der Waals surface area (Å²) in [6.07, 6.45) is 15.3. The SMILES string of the molecule is O=CC1CCN(c2ccc(C3C(C4=CCCC=C4)=CCc4cc(O)ccc43)cc2)CC1. The smallest absolute Gasteiger partial charge is 0.123 e. The topological polar surface area (TPSA) is 40.5 Å². The Hall–Kier alpha value is -3.07. The second kappa shape index (κ2) is 8.58. The maximum Gasteiger partial charge on any atom is 0.123 e. The van der Waals surface area contributed by atoms with Crippen molar-refractivity contribution in [3.05, 3.63) is 94.6 Å². The Morgan fingerprint density at radius 3 is 2.48 bits per heavy atom. The van der Waals surface area contributed by atoms with Crippen molar-refractivity contribution >= 4 is 12.0 Å². The van der Waals surface area contributed by atoms with Gasteiger partial charge in [0, 0.05) is 30.6 Å². The van der Waals surface area contributed by atoms with Crippen LogP contribution in [0.4, 0.5) is 5.69 Å². The van der Waals surface area contributed by atoms with Crippen molar-refractivity contribution in [3.8, 4) is 5.75 Å². The average molecular weight is 412 g/mol. The molecular weight excluding hydrogens is 382 g/mol. The van der Waals surface area contributed by atoms with E-state index in [0.29, 0.717) is 5.75 Å². The second-order valence-corrected chi connectivity index (χ2v) is 8.87. The van der Waals surface area contributed by atoms with Crippen LogP contribution in [0, 0.1) is 5.92 Å². The Labute approximate surface area is 184 Å². The number of aromatic hydroxyl groups is 1. The van der Waals surface area contributed by atoms with Crippen LogP contribution in [0.25, 0.3) is 0 Å². The molecule has 158 valence electrons. The molecule has 3 nitrogen and oxygen atoms in total. The third kappa shape index (κ3) is 3.97. The van der Waals surface area contributed by atoms with Crippen molar-refractivity contribution in [3.63, 3.8) is 0 Å². The van der Waals surface area contributed by atoms with E-state index in [1.807, 2.05) is 12.1 Å². The highest BCUT2D eigenvalue weighted by molar-refractivity contribution is 5.60. The van der Waals surface area contributed by atoms with Gasteiger partial charge >= 0.3 is 0 Å². The standard InChI is InChI=1S/C28H29NO2/c30-19-20-14-16-29(17-15-20)24-9-6-22(7-10-24)28-26(21-4-2-1-3-5-21)12-8-23-18-25(31)11-13-27(23)28/h2,4-7,9-13,18-20,28,31H,1,3,8,14-17H2. The summed E-state index contributed by atoms with van der Waals surface area (Å²) in [5.74, 6) is 0.726. The number of aldehydes is 1. The van der Waals surface area contributed by atoms with E-state index in [4.69, 9.17) is 0 Å². The molecule has 1 unspecified atom stereocenters. The molecule has 1 heterocycles. The van der Waals surface area contributed by atoms with E-state index >= 15 is 0 Å². The Morgan fingerprint density at radius 1 is 0.968 bits per heavy atom. The summed E-state index contributed by atoms with van der Waals surface area (Å²) in [6.45, 7) is 1.88. The zero-order valence-corrected chi connectivity index (χ0v) is 17.8. The van der Waals surface area contributed by atoms with E-state index in [1.54, 1.807) is 0 Å². The maximum absolute atomic E-state index is 11.1. The van der Waals surface area contributed by atoms with E-state index in [2.05, 4.69) is 59.5 Å². The van der Waals surface area contributed by atoms with Crippen LogP contribution in [-0.4, -0.2) is 24.5 Å². The zero-order valence-electron chi connectivity index (χ0n) is 17.8. The number of hydrogen-bond acceptors (Lipinski definition) is 3. The van der Waals surface area contributed by atoms with Crippen LogP contribution >= 0.6 is 0 Å². The minimum absolute atomic E-state index is 0.174. The number of carbonyl (C=O) groups is 1. The molecule has 3 aliphatic rings. The van der Waals surface area contributed by atoms with Crippen molar-refractivity contribution in [2.75, 3.05) is 18.0 Å². The van der Waals surface area contributed by atoms with Crippen molar-refractivity contribution in [2.24, 2.45) is 5.92 Å². The lowest BCUT2D eigenvalue weighted by Gasteiger charge is -2.32. The number of benzene rings is 2. The number of rotatable bonds is 4. The number of anilines is 1. The van der Waals surface area contributed by atoms with Gasteiger partial charge < -0.3 is 14.8 Å². The van der Waals surface area contributed by atoms with E-state index in [0.717, 1.165) is 51.5 Å². The predicted molar refractivity (Wildman–Crippen MR) is 126 cm³/mol. The van der Waals surface area contributed by atoms with E-state index < -0.39 is 0 Å². The molecule has 1 fully saturated rings. The second-order valence-electron chi connectivity index (χ2n) is 8.87. The largest absolute Gasteiger partial charge is 0.508 e. The molecule has 1 saturated heterocycles. The van der Waals surface area contributed by atoms with Crippen molar-refractivity contribution in [1.82, 2.24) is 0 Å². The normalized spacial score (nSPS) is 21.3. The molecule has 0 saturated carbocycles. The Kier molecular flexibility index (Phi) is 5.50. The summed E-state index contributed by atoms with van der Waals surface area (Å²) >= 11 is 0. The van der Waals surface area contributed by atoms with Crippen molar-refractivity contribution in [1.29, 1.82) is 0 Å². The van der Waals surface area contributed by atoms with Gasteiger partial charge in [-0.15, -0.1) is 0 Å². The molecule has 1 aliphatic heterocycles. The molecule has 0 amide bonds.